The predicted octanol–water partition coefficient (Wildman–Crippen LogP) is 8.63. The van der Waals surface area contributed by atoms with Crippen molar-refractivity contribution < 1.29 is 50.6 Å². The molecule has 0 aromatic heterocycles. The second kappa shape index (κ2) is 12.8. The summed E-state index contributed by atoms with van der Waals surface area (Å²) in [5.74, 6) is -5.48. The molecule has 0 heterocycles. The Bertz CT molecular complexity index is 1600. The molecule has 0 saturated heterocycles. The van der Waals surface area contributed by atoms with Crippen LogP contribution in [0.15, 0.2) is 48.5 Å². The smallest absolute Gasteiger partial charge is 0.480 e. The van der Waals surface area contributed by atoms with Gasteiger partial charge >= 0.3 is 24.5 Å². The van der Waals surface area contributed by atoms with E-state index in [-0.39, 0.29) is 42.6 Å². The van der Waals surface area contributed by atoms with Crippen molar-refractivity contribution in [1.82, 2.24) is 5.32 Å². The number of halogens is 8. The van der Waals surface area contributed by atoms with Crippen LogP contribution in [0.2, 0.25) is 10.0 Å². The molecule has 45 heavy (non-hydrogen) atoms. The molecule has 0 radical (unpaired) electrons. The number of benzene rings is 3. The second-order valence-corrected chi connectivity index (χ2v) is 11.5. The number of amides is 3. The van der Waals surface area contributed by atoms with Crippen molar-refractivity contribution in [3.05, 3.63) is 64.1 Å². The third-order valence-electron chi connectivity index (χ3n) is 7.69. The number of hydrogen-bond donors (Lipinski definition) is 4. The van der Waals surface area contributed by atoms with Gasteiger partial charge in [-0.05, 0) is 61.4 Å². The Balaban J connectivity index is 1.60. The minimum absolute atomic E-state index is 0.0905. The van der Waals surface area contributed by atoms with E-state index in [2.05, 4.69) is 20.7 Å². The van der Waals surface area contributed by atoms with E-state index < -0.39 is 63.6 Å². The Labute approximate surface area is 262 Å². The normalized spacial score (nSPS) is 18.5. The number of nitrogens with one attached hydrogen (secondary N) is 3. The average Bonchev–Trinajstić information content (AvgIpc) is 2.93. The first-order chi connectivity index (χ1) is 20.9. The van der Waals surface area contributed by atoms with E-state index >= 15 is 0 Å². The summed E-state index contributed by atoms with van der Waals surface area (Å²) in [5, 5.41) is 17.6. The van der Waals surface area contributed by atoms with Gasteiger partial charge in [0.25, 0.3) is 5.91 Å². The minimum atomic E-state index is -5.02. The van der Waals surface area contributed by atoms with Crippen molar-refractivity contribution >= 4 is 63.3 Å². The maximum atomic E-state index is 13.6. The highest BCUT2D eigenvalue weighted by atomic mass is 35.5. The lowest BCUT2D eigenvalue weighted by molar-refractivity contribution is -0.274. The zero-order valence-electron chi connectivity index (χ0n) is 23.2. The molecule has 1 unspecified atom stereocenters. The summed E-state index contributed by atoms with van der Waals surface area (Å²) >= 11 is 12.0. The molecule has 0 aliphatic heterocycles. The molecular formula is C29H25Cl2F6N3O5. The van der Waals surface area contributed by atoms with Gasteiger partial charge in [-0.25, -0.2) is 9.59 Å². The summed E-state index contributed by atoms with van der Waals surface area (Å²) in [7, 11) is 0. The molecule has 1 aliphatic carbocycles. The Hall–Kier alpha value is -3.91. The molecule has 4 rings (SSSR count). The second-order valence-electron chi connectivity index (χ2n) is 10.7. The molecule has 1 fully saturated rings. The van der Waals surface area contributed by atoms with E-state index in [1.165, 1.54) is 19.1 Å². The van der Waals surface area contributed by atoms with Gasteiger partial charge in [-0.15, -0.1) is 13.2 Å². The lowest BCUT2D eigenvalue weighted by Crippen LogP contribution is -2.58. The van der Waals surface area contributed by atoms with Crippen molar-refractivity contribution in [3.63, 3.8) is 0 Å². The molecule has 3 amide bonds. The Morgan fingerprint density at radius 1 is 0.844 bits per heavy atom. The number of rotatable bonds is 7. The number of carboxylic acid groups (broad SMARTS) is 1. The van der Waals surface area contributed by atoms with Crippen LogP contribution in [-0.2, 0) is 4.79 Å². The number of fused-ring (bicyclic) bond motifs is 1. The molecule has 1 atom stereocenters. The average molecular weight is 680 g/mol. The summed E-state index contributed by atoms with van der Waals surface area (Å²) in [6.07, 6.45) is -10.2. The molecule has 3 aromatic rings. The van der Waals surface area contributed by atoms with Gasteiger partial charge in [-0.1, -0.05) is 47.5 Å². The first-order valence-corrected chi connectivity index (χ1v) is 14.1. The van der Waals surface area contributed by atoms with Gasteiger partial charge in [0.05, 0.1) is 32.9 Å². The van der Waals surface area contributed by atoms with Crippen molar-refractivity contribution in [2.45, 2.75) is 50.7 Å². The van der Waals surface area contributed by atoms with Crippen LogP contribution in [0, 0.1) is 11.8 Å². The summed E-state index contributed by atoms with van der Waals surface area (Å²) in [5.41, 5.74) is -2.49. The lowest BCUT2D eigenvalue weighted by Gasteiger charge is -2.39. The van der Waals surface area contributed by atoms with E-state index in [1.54, 1.807) is 24.3 Å². The summed E-state index contributed by atoms with van der Waals surface area (Å²) < 4.78 is 81.2. The van der Waals surface area contributed by atoms with Gasteiger partial charge in [0.15, 0.2) is 0 Å². The summed E-state index contributed by atoms with van der Waals surface area (Å²) in [4.78, 5) is 39.0. The highest BCUT2D eigenvalue weighted by Gasteiger charge is 2.48. The molecule has 4 N–H and O–H groups in total. The zero-order chi connectivity index (χ0) is 33.3. The van der Waals surface area contributed by atoms with Gasteiger partial charge in [-0.3, -0.25) is 4.79 Å². The van der Waals surface area contributed by atoms with Crippen LogP contribution >= 0.6 is 23.2 Å². The van der Waals surface area contributed by atoms with Crippen LogP contribution in [0.25, 0.3) is 10.8 Å². The van der Waals surface area contributed by atoms with E-state index in [0.717, 1.165) is 12.1 Å². The Morgan fingerprint density at radius 3 is 1.89 bits per heavy atom. The minimum Gasteiger partial charge on any atom is -0.480 e. The zero-order valence-corrected chi connectivity index (χ0v) is 24.7. The topological polar surface area (TPSA) is 117 Å². The lowest BCUT2D eigenvalue weighted by atomic mass is 9.72. The van der Waals surface area contributed by atoms with Gasteiger partial charge in [0.2, 0.25) is 0 Å². The van der Waals surface area contributed by atoms with Crippen molar-refractivity contribution in [1.29, 1.82) is 0 Å². The number of carbonyl (C=O) groups excluding carboxylic acids is 2. The fourth-order valence-corrected chi connectivity index (χ4v) is 5.85. The molecule has 0 spiro atoms. The van der Waals surface area contributed by atoms with Crippen LogP contribution in [-0.4, -0.2) is 41.1 Å². The molecule has 8 nitrogen and oxygen atoms in total. The molecule has 0 bridgehead atoms. The SMILES string of the molecule is CC(NC(=O)c1cc2ccccc2cc1NC(=O)Nc1c(Cl)cc(OC(F)(F)F)cc1Cl)(C(=O)O)C1CCC(C(F)(F)F)CC1. The Morgan fingerprint density at radius 2 is 1.38 bits per heavy atom. The summed E-state index contributed by atoms with van der Waals surface area (Å²) in [6, 6.07) is 10.1. The third kappa shape index (κ3) is 8.03. The number of carbonyl (C=O) groups is 3. The number of urea groups is 1. The molecule has 1 aliphatic rings. The largest absolute Gasteiger partial charge is 0.573 e. The highest BCUT2D eigenvalue weighted by Crippen LogP contribution is 2.43. The van der Waals surface area contributed by atoms with Gasteiger partial charge in [0, 0.05) is 12.1 Å². The van der Waals surface area contributed by atoms with Crippen molar-refractivity contribution in [2.75, 3.05) is 10.6 Å². The molecule has 242 valence electrons. The maximum absolute atomic E-state index is 13.6. The van der Waals surface area contributed by atoms with Crippen LogP contribution < -0.4 is 20.7 Å². The van der Waals surface area contributed by atoms with Crippen LogP contribution in [0.4, 0.5) is 42.5 Å². The molecule has 3 aromatic carbocycles. The quantitative estimate of drug-likeness (QED) is 0.187. The number of ether oxygens (including phenoxy) is 1. The standard InChI is InChI=1S/C29H25Cl2F6N3O5/c1-27(25(42)43,16-6-8-17(9-7-16)28(32,33)34)40-24(41)19-10-14-4-2-3-5-15(14)11-22(19)38-26(44)39-23-20(30)12-18(13-21(23)31)45-29(35,36)37/h2-5,10-13,16-17H,6-9H2,1H3,(H,40,41)(H,42,43)(H2,38,39,44). The molecule has 1 saturated carbocycles. The van der Waals surface area contributed by atoms with Gasteiger partial charge in [-0.2, -0.15) is 13.2 Å². The first kappa shape index (κ1) is 34.0. The van der Waals surface area contributed by atoms with Gasteiger partial charge in [0.1, 0.15) is 11.3 Å². The van der Waals surface area contributed by atoms with Gasteiger partial charge < -0.3 is 25.8 Å². The monoisotopic (exact) mass is 679 g/mol. The highest BCUT2D eigenvalue weighted by molar-refractivity contribution is 6.40. The first-order valence-electron chi connectivity index (χ1n) is 13.4. The van der Waals surface area contributed by atoms with Crippen molar-refractivity contribution in [2.24, 2.45) is 11.8 Å². The number of hydrogen-bond acceptors (Lipinski definition) is 4. The number of alkyl halides is 6. The van der Waals surface area contributed by atoms with Crippen LogP contribution in [0.5, 0.6) is 5.75 Å². The van der Waals surface area contributed by atoms with Crippen LogP contribution in [0.3, 0.4) is 0 Å². The van der Waals surface area contributed by atoms with E-state index in [0.29, 0.717) is 10.8 Å². The maximum Gasteiger partial charge on any atom is 0.573 e. The predicted molar refractivity (Wildman–Crippen MR) is 155 cm³/mol. The van der Waals surface area contributed by atoms with E-state index in [9.17, 15) is 45.8 Å². The summed E-state index contributed by atoms with van der Waals surface area (Å²) in [6.45, 7) is 1.23. The fourth-order valence-electron chi connectivity index (χ4n) is 5.29. The molecule has 16 heteroatoms. The molecular weight excluding hydrogens is 655 g/mol. The van der Waals surface area contributed by atoms with Crippen LogP contribution in [0.1, 0.15) is 43.0 Å². The number of carboxylic acids is 1. The Kier molecular flexibility index (Phi) is 9.69. The third-order valence-corrected chi connectivity index (χ3v) is 8.29. The van der Waals surface area contributed by atoms with E-state index in [4.69, 9.17) is 23.2 Å². The fraction of sp³-hybridized carbons (Fsp3) is 0.345. The van der Waals surface area contributed by atoms with E-state index in [1.807, 2.05) is 0 Å². The van der Waals surface area contributed by atoms with Crippen molar-refractivity contribution in [3.8, 4) is 5.75 Å². The number of aliphatic carboxylic acids is 1. The number of anilines is 2.